The number of nitrogens with zero attached hydrogens (tertiary/aromatic N) is 2. The van der Waals surface area contributed by atoms with E-state index >= 15 is 0 Å². The zero-order chi connectivity index (χ0) is 14.2. The summed E-state index contributed by atoms with van der Waals surface area (Å²) in [6.07, 6.45) is 1.02. The molecule has 0 saturated carbocycles. The van der Waals surface area contributed by atoms with Crippen molar-refractivity contribution in [3.05, 3.63) is 47.8 Å². The smallest absolute Gasteiger partial charge is 0.215 e. The summed E-state index contributed by atoms with van der Waals surface area (Å²) in [7, 11) is 1.62. The summed E-state index contributed by atoms with van der Waals surface area (Å²) in [5.74, 6) is 1.84. The molecular formula is C16H16N4O. The van der Waals surface area contributed by atoms with Crippen molar-refractivity contribution >= 4 is 16.9 Å². The van der Waals surface area contributed by atoms with Crippen LogP contribution in [0.1, 0.15) is 23.7 Å². The van der Waals surface area contributed by atoms with Crippen molar-refractivity contribution in [2.45, 2.75) is 12.3 Å². The number of pyridine rings is 1. The number of hydrogen-bond acceptors (Lipinski definition) is 4. The minimum atomic E-state index is 0.280. The van der Waals surface area contributed by atoms with Crippen molar-refractivity contribution in [3.63, 3.8) is 0 Å². The molecule has 1 aromatic carbocycles. The van der Waals surface area contributed by atoms with Gasteiger partial charge in [-0.2, -0.15) is 4.98 Å². The normalized spacial score (nSPS) is 17.3. The summed E-state index contributed by atoms with van der Waals surface area (Å²) in [5.41, 5.74) is 4.14. The van der Waals surface area contributed by atoms with Gasteiger partial charge in [0, 0.05) is 24.2 Å². The molecule has 2 N–H and O–H groups in total. The Bertz CT molecular complexity index is 796. The number of aromatic amines is 1. The molecule has 3 aromatic rings. The summed E-state index contributed by atoms with van der Waals surface area (Å²) < 4.78 is 5.16. The van der Waals surface area contributed by atoms with E-state index in [2.05, 4.69) is 44.5 Å². The number of ether oxygens (including phenoxy) is 1. The molecule has 5 nitrogen and oxygen atoms in total. The van der Waals surface area contributed by atoms with Crippen LogP contribution < -0.4 is 10.1 Å². The lowest BCUT2D eigenvalue weighted by atomic mass is 9.90. The molecule has 0 spiro atoms. The van der Waals surface area contributed by atoms with E-state index in [0.29, 0.717) is 11.5 Å². The van der Waals surface area contributed by atoms with Gasteiger partial charge in [-0.1, -0.05) is 18.2 Å². The second-order valence-corrected chi connectivity index (χ2v) is 5.20. The summed E-state index contributed by atoms with van der Waals surface area (Å²) in [5, 5.41) is 3.44. The van der Waals surface area contributed by atoms with Gasteiger partial charge in [0.05, 0.1) is 12.6 Å². The number of H-pyrrole nitrogens is 1. The lowest BCUT2D eigenvalue weighted by Gasteiger charge is -2.25. The van der Waals surface area contributed by atoms with Crippen LogP contribution in [-0.2, 0) is 0 Å². The first-order valence-electron chi connectivity index (χ1n) is 7.08. The maximum atomic E-state index is 5.16. The minimum Gasteiger partial charge on any atom is -0.481 e. The predicted molar refractivity (Wildman–Crippen MR) is 81.8 cm³/mol. The van der Waals surface area contributed by atoms with Gasteiger partial charge in [-0.05, 0) is 24.1 Å². The number of benzene rings is 1. The number of aromatic nitrogens is 3. The fraction of sp³-hybridized carbons (Fsp3) is 0.250. The summed E-state index contributed by atoms with van der Waals surface area (Å²) in [4.78, 5) is 12.5. The predicted octanol–water partition coefficient (Wildman–Crippen LogP) is 2.91. The van der Waals surface area contributed by atoms with E-state index in [0.717, 1.165) is 24.3 Å². The second kappa shape index (κ2) is 4.77. The Morgan fingerprint density at radius 2 is 2.05 bits per heavy atom. The Kier molecular flexibility index (Phi) is 2.77. The molecule has 0 fully saturated rings. The summed E-state index contributed by atoms with van der Waals surface area (Å²) in [6.45, 7) is 0.954. The molecule has 1 aliphatic heterocycles. The Morgan fingerprint density at radius 3 is 2.95 bits per heavy atom. The SMILES string of the molecule is COc1ccc2[nH]c(C3CCNc4ccccc43)nc2n1. The molecule has 106 valence electrons. The molecule has 0 saturated heterocycles. The standard InChI is InChI=1S/C16H16N4O/c1-21-14-7-6-13-16(19-14)20-15(18-13)11-8-9-17-12-5-3-2-4-10(11)12/h2-7,11,17H,8-9H2,1H3,(H,18,19,20). The highest BCUT2D eigenvalue weighted by atomic mass is 16.5. The number of hydrogen-bond donors (Lipinski definition) is 2. The van der Waals surface area contributed by atoms with Crippen LogP contribution in [0.5, 0.6) is 5.88 Å². The first kappa shape index (κ1) is 12.2. The van der Waals surface area contributed by atoms with E-state index in [1.807, 2.05) is 12.1 Å². The number of imidazole rings is 1. The largest absolute Gasteiger partial charge is 0.481 e. The Hall–Kier alpha value is -2.56. The first-order valence-corrected chi connectivity index (χ1v) is 7.08. The fourth-order valence-electron chi connectivity index (χ4n) is 2.93. The number of fused-ring (bicyclic) bond motifs is 2. The van der Waals surface area contributed by atoms with Gasteiger partial charge < -0.3 is 15.0 Å². The maximum absolute atomic E-state index is 5.16. The van der Waals surface area contributed by atoms with Crippen LogP contribution in [0.15, 0.2) is 36.4 Å². The quantitative estimate of drug-likeness (QED) is 0.757. The van der Waals surface area contributed by atoms with Crippen molar-refractivity contribution in [1.82, 2.24) is 15.0 Å². The molecule has 3 heterocycles. The van der Waals surface area contributed by atoms with Crippen molar-refractivity contribution in [2.75, 3.05) is 19.0 Å². The van der Waals surface area contributed by atoms with Crippen LogP contribution in [0.3, 0.4) is 0 Å². The van der Waals surface area contributed by atoms with Gasteiger partial charge in [-0.25, -0.2) is 4.98 Å². The number of para-hydroxylation sites is 1. The minimum absolute atomic E-state index is 0.280. The van der Waals surface area contributed by atoms with E-state index in [1.165, 1.54) is 11.3 Å². The van der Waals surface area contributed by atoms with Crippen LogP contribution in [0.25, 0.3) is 11.2 Å². The van der Waals surface area contributed by atoms with Crippen molar-refractivity contribution in [3.8, 4) is 5.88 Å². The van der Waals surface area contributed by atoms with Gasteiger partial charge in [-0.15, -0.1) is 0 Å². The highest BCUT2D eigenvalue weighted by Crippen LogP contribution is 2.35. The molecule has 2 aromatic heterocycles. The van der Waals surface area contributed by atoms with Gasteiger partial charge in [0.1, 0.15) is 5.82 Å². The molecule has 1 aliphatic rings. The number of nitrogens with one attached hydrogen (secondary N) is 2. The molecule has 4 rings (SSSR count). The molecule has 0 aliphatic carbocycles. The monoisotopic (exact) mass is 280 g/mol. The third-order valence-corrected chi connectivity index (χ3v) is 3.96. The molecule has 21 heavy (non-hydrogen) atoms. The van der Waals surface area contributed by atoms with Gasteiger partial charge in [0.2, 0.25) is 5.88 Å². The van der Waals surface area contributed by atoms with Gasteiger partial charge in [-0.3, -0.25) is 0 Å². The molecular weight excluding hydrogens is 264 g/mol. The van der Waals surface area contributed by atoms with Crippen LogP contribution in [0, 0.1) is 0 Å². The maximum Gasteiger partial charge on any atom is 0.215 e. The zero-order valence-electron chi connectivity index (χ0n) is 11.8. The third kappa shape index (κ3) is 2.01. The molecule has 0 radical (unpaired) electrons. The van der Waals surface area contributed by atoms with E-state index in [4.69, 9.17) is 4.74 Å². The van der Waals surface area contributed by atoms with Crippen LogP contribution >= 0.6 is 0 Å². The van der Waals surface area contributed by atoms with E-state index in [1.54, 1.807) is 7.11 Å². The lowest BCUT2D eigenvalue weighted by molar-refractivity contribution is 0.399. The lowest BCUT2D eigenvalue weighted by Crippen LogP contribution is -2.18. The molecule has 0 amide bonds. The topological polar surface area (TPSA) is 62.8 Å². The third-order valence-electron chi connectivity index (χ3n) is 3.96. The van der Waals surface area contributed by atoms with Crippen molar-refractivity contribution in [2.24, 2.45) is 0 Å². The average molecular weight is 280 g/mol. The van der Waals surface area contributed by atoms with Crippen molar-refractivity contribution in [1.29, 1.82) is 0 Å². The van der Waals surface area contributed by atoms with E-state index in [9.17, 15) is 0 Å². The molecule has 0 bridgehead atoms. The van der Waals surface area contributed by atoms with Gasteiger partial charge in [0.25, 0.3) is 0 Å². The fourth-order valence-corrected chi connectivity index (χ4v) is 2.93. The number of anilines is 1. The highest BCUT2D eigenvalue weighted by Gasteiger charge is 2.24. The second-order valence-electron chi connectivity index (χ2n) is 5.20. The Labute approximate surface area is 122 Å². The average Bonchev–Trinajstić information content (AvgIpc) is 2.97. The number of methoxy groups -OCH3 is 1. The van der Waals surface area contributed by atoms with Crippen LogP contribution in [0.4, 0.5) is 5.69 Å². The highest BCUT2D eigenvalue weighted by molar-refractivity contribution is 5.72. The van der Waals surface area contributed by atoms with Crippen LogP contribution in [-0.4, -0.2) is 28.6 Å². The molecule has 1 unspecified atom stereocenters. The molecule has 1 atom stereocenters. The van der Waals surface area contributed by atoms with Gasteiger partial charge >= 0.3 is 0 Å². The van der Waals surface area contributed by atoms with E-state index < -0.39 is 0 Å². The zero-order valence-corrected chi connectivity index (χ0v) is 11.8. The Balaban J connectivity index is 1.80. The summed E-state index contributed by atoms with van der Waals surface area (Å²) >= 11 is 0. The summed E-state index contributed by atoms with van der Waals surface area (Å²) in [6, 6.07) is 12.2. The van der Waals surface area contributed by atoms with E-state index in [-0.39, 0.29) is 5.92 Å². The van der Waals surface area contributed by atoms with Gasteiger partial charge in [0.15, 0.2) is 5.65 Å². The van der Waals surface area contributed by atoms with Crippen molar-refractivity contribution < 1.29 is 4.74 Å². The first-order chi connectivity index (χ1) is 10.3. The number of rotatable bonds is 2. The van der Waals surface area contributed by atoms with Crippen LogP contribution in [0.2, 0.25) is 0 Å². The molecule has 5 heteroatoms. The Morgan fingerprint density at radius 1 is 1.14 bits per heavy atom.